The van der Waals surface area contributed by atoms with Crippen LogP contribution >= 0.6 is 15.9 Å². The molecule has 0 radical (unpaired) electrons. The zero-order valence-corrected chi connectivity index (χ0v) is 10.9. The minimum absolute atomic E-state index is 0.416. The van der Waals surface area contributed by atoms with Crippen LogP contribution < -0.4 is 5.73 Å². The minimum atomic E-state index is 0.416. The number of halogens is 1. The van der Waals surface area contributed by atoms with E-state index in [1.165, 1.54) is 12.8 Å². The van der Waals surface area contributed by atoms with E-state index in [0.717, 1.165) is 33.6 Å². The molecule has 0 aliphatic heterocycles. The zero-order chi connectivity index (χ0) is 11.8. The van der Waals surface area contributed by atoms with Crippen LogP contribution in [0.1, 0.15) is 18.5 Å². The molecule has 0 saturated heterocycles. The Bertz CT molecular complexity index is 546. The van der Waals surface area contributed by atoms with Crippen molar-refractivity contribution in [2.75, 3.05) is 5.73 Å². The van der Waals surface area contributed by atoms with Crippen molar-refractivity contribution in [1.82, 2.24) is 5.16 Å². The number of hydrogen-bond donors (Lipinski definition) is 1. The van der Waals surface area contributed by atoms with Crippen molar-refractivity contribution in [3.8, 4) is 11.1 Å². The van der Waals surface area contributed by atoms with Crippen molar-refractivity contribution < 1.29 is 4.52 Å². The predicted octanol–water partition coefficient (Wildman–Crippen LogP) is 3.64. The van der Waals surface area contributed by atoms with Crippen molar-refractivity contribution in [1.29, 1.82) is 0 Å². The highest BCUT2D eigenvalue weighted by Gasteiger charge is 2.26. The number of aromatic nitrogens is 1. The van der Waals surface area contributed by atoms with Crippen molar-refractivity contribution >= 4 is 21.8 Å². The molecule has 3 nitrogen and oxygen atoms in total. The molecule has 0 amide bonds. The predicted molar refractivity (Wildman–Crippen MR) is 70.5 cm³/mol. The van der Waals surface area contributed by atoms with E-state index in [1.807, 2.05) is 24.3 Å². The van der Waals surface area contributed by atoms with E-state index in [0.29, 0.717) is 5.88 Å². The summed E-state index contributed by atoms with van der Waals surface area (Å²) in [6.45, 7) is 0. The second kappa shape index (κ2) is 4.18. The maximum Gasteiger partial charge on any atom is 0.230 e. The van der Waals surface area contributed by atoms with E-state index in [2.05, 4.69) is 21.1 Å². The van der Waals surface area contributed by atoms with Gasteiger partial charge in [-0.1, -0.05) is 33.2 Å². The number of rotatable bonds is 3. The topological polar surface area (TPSA) is 52.0 Å². The molecule has 2 N–H and O–H groups in total. The molecular formula is C13H13BrN2O. The van der Waals surface area contributed by atoms with Crippen LogP contribution in [0.5, 0.6) is 0 Å². The van der Waals surface area contributed by atoms with Gasteiger partial charge in [0.2, 0.25) is 5.88 Å². The Kier molecular flexibility index (Phi) is 2.67. The van der Waals surface area contributed by atoms with Gasteiger partial charge >= 0.3 is 0 Å². The Morgan fingerprint density at radius 1 is 1.41 bits per heavy atom. The molecule has 1 aromatic carbocycles. The second-order valence-electron chi connectivity index (χ2n) is 4.53. The quantitative estimate of drug-likeness (QED) is 0.940. The first-order valence-corrected chi connectivity index (χ1v) is 6.53. The average molecular weight is 293 g/mol. The zero-order valence-electron chi connectivity index (χ0n) is 9.32. The summed E-state index contributed by atoms with van der Waals surface area (Å²) in [4.78, 5) is 0. The number of nitrogen functional groups attached to an aromatic ring is 1. The number of nitrogens with zero attached hydrogens (tertiary/aromatic N) is 1. The van der Waals surface area contributed by atoms with E-state index in [9.17, 15) is 0 Å². The Labute approximate surface area is 108 Å². The summed E-state index contributed by atoms with van der Waals surface area (Å²) in [5.74, 6) is 1.18. The smallest absolute Gasteiger partial charge is 0.230 e. The highest BCUT2D eigenvalue weighted by atomic mass is 79.9. The highest BCUT2D eigenvalue weighted by molar-refractivity contribution is 9.10. The van der Waals surface area contributed by atoms with E-state index < -0.39 is 0 Å². The van der Waals surface area contributed by atoms with Gasteiger partial charge in [0.05, 0.1) is 11.3 Å². The van der Waals surface area contributed by atoms with Crippen molar-refractivity contribution in [3.05, 3.63) is 34.4 Å². The Morgan fingerprint density at radius 2 is 2.24 bits per heavy atom. The lowest BCUT2D eigenvalue weighted by molar-refractivity contribution is 0.426. The maximum absolute atomic E-state index is 5.88. The lowest BCUT2D eigenvalue weighted by atomic mass is 10.0. The van der Waals surface area contributed by atoms with E-state index in [-0.39, 0.29) is 0 Å². The fraction of sp³-hybridized carbons (Fsp3) is 0.308. The van der Waals surface area contributed by atoms with Gasteiger partial charge in [0.1, 0.15) is 0 Å². The van der Waals surface area contributed by atoms with Crippen LogP contribution in [0.15, 0.2) is 33.3 Å². The van der Waals surface area contributed by atoms with Gasteiger partial charge in [-0.25, -0.2) is 0 Å². The van der Waals surface area contributed by atoms with Gasteiger partial charge in [-0.2, -0.15) is 0 Å². The molecule has 1 aliphatic rings. The summed E-state index contributed by atoms with van der Waals surface area (Å²) < 4.78 is 6.17. The Hall–Kier alpha value is -1.29. The summed E-state index contributed by atoms with van der Waals surface area (Å²) in [6, 6.07) is 8.06. The standard InChI is InChI=1S/C13H13BrN2O/c14-10-3-1-2-9(7-10)12-11(6-8-4-5-8)16-17-13(12)15/h1-3,7-8H,4-6,15H2. The Morgan fingerprint density at radius 3 is 2.94 bits per heavy atom. The lowest BCUT2D eigenvalue weighted by Gasteiger charge is -2.02. The molecule has 4 heteroatoms. The van der Waals surface area contributed by atoms with Crippen LogP contribution in [0.4, 0.5) is 5.88 Å². The fourth-order valence-corrected chi connectivity index (χ4v) is 2.42. The first kappa shape index (κ1) is 10.8. The van der Waals surface area contributed by atoms with Crippen molar-refractivity contribution in [3.63, 3.8) is 0 Å². The molecule has 0 unspecified atom stereocenters. The highest BCUT2D eigenvalue weighted by Crippen LogP contribution is 2.38. The molecule has 3 rings (SSSR count). The molecule has 0 atom stereocenters. The molecule has 1 aliphatic carbocycles. The maximum atomic E-state index is 5.88. The molecule has 1 saturated carbocycles. The summed E-state index contributed by atoms with van der Waals surface area (Å²) in [5, 5.41) is 4.09. The summed E-state index contributed by atoms with van der Waals surface area (Å²) in [6.07, 6.45) is 3.57. The number of nitrogens with two attached hydrogens (primary N) is 1. The molecule has 88 valence electrons. The van der Waals surface area contributed by atoms with E-state index in [1.54, 1.807) is 0 Å². The van der Waals surface area contributed by atoms with E-state index >= 15 is 0 Å². The third kappa shape index (κ3) is 2.22. The van der Waals surface area contributed by atoms with Gasteiger partial charge in [0.25, 0.3) is 0 Å². The van der Waals surface area contributed by atoms with Crippen molar-refractivity contribution in [2.24, 2.45) is 5.92 Å². The van der Waals surface area contributed by atoms with Gasteiger partial charge in [-0.05, 0) is 42.9 Å². The first-order chi connectivity index (χ1) is 8.24. The van der Waals surface area contributed by atoms with Gasteiger partial charge in [0, 0.05) is 4.47 Å². The average Bonchev–Trinajstić information content (AvgIpc) is 3.03. The van der Waals surface area contributed by atoms with Crippen LogP contribution in [0.2, 0.25) is 0 Å². The largest absolute Gasteiger partial charge is 0.367 e. The Balaban J connectivity index is 2.02. The van der Waals surface area contributed by atoms with E-state index in [4.69, 9.17) is 10.3 Å². The van der Waals surface area contributed by atoms with Crippen LogP contribution in [-0.2, 0) is 6.42 Å². The number of anilines is 1. The molecular weight excluding hydrogens is 280 g/mol. The fourth-order valence-electron chi connectivity index (χ4n) is 2.03. The van der Waals surface area contributed by atoms with Crippen LogP contribution in [0.25, 0.3) is 11.1 Å². The van der Waals surface area contributed by atoms with Gasteiger partial charge in [-0.15, -0.1) is 0 Å². The normalized spacial score (nSPS) is 15.1. The van der Waals surface area contributed by atoms with Gasteiger partial charge in [-0.3, -0.25) is 0 Å². The molecule has 1 aromatic heterocycles. The lowest BCUT2D eigenvalue weighted by Crippen LogP contribution is -1.92. The SMILES string of the molecule is Nc1onc(CC2CC2)c1-c1cccc(Br)c1. The van der Waals surface area contributed by atoms with Crippen LogP contribution in [-0.4, -0.2) is 5.16 Å². The third-order valence-electron chi connectivity index (χ3n) is 3.08. The van der Waals surface area contributed by atoms with Crippen LogP contribution in [0, 0.1) is 5.92 Å². The molecule has 2 aromatic rings. The summed E-state index contributed by atoms with van der Waals surface area (Å²) in [5.41, 5.74) is 8.88. The van der Waals surface area contributed by atoms with Crippen LogP contribution in [0.3, 0.4) is 0 Å². The third-order valence-corrected chi connectivity index (χ3v) is 3.57. The summed E-state index contributed by atoms with van der Waals surface area (Å²) in [7, 11) is 0. The summed E-state index contributed by atoms with van der Waals surface area (Å²) >= 11 is 3.47. The number of hydrogen-bond acceptors (Lipinski definition) is 3. The minimum Gasteiger partial charge on any atom is -0.367 e. The molecule has 0 spiro atoms. The van der Waals surface area contributed by atoms with Gasteiger partial charge in [0.15, 0.2) is 0 Å². The second-order valence-corrected chi connectivity index (χ2v) is 5.44. The molecule has 1 heterocycles. The van der Waals surface area contributed by atoms with Gasteiger partial charge < -0.3 is 10.3 Å². The van der Waals surface area contributed by atoms with Crippen molar-refractivity contribution in [2.45, 2.75) is 19.3 Å². The first-order valence-electron chi connectivity index (χ1n) is 5.74. The molecule has 1 fully saturated rings. The number of benzene rings is 1. The molecule has 0 bridgehead atoms. The monoisotopic (exact) mass is 292 g/mol. The molecule has 17 heavy (non-hydrogen) atoms.